The van der Waals surface area contributed by atoms with Crippen molar-refractivity contribution in [1.82, 2.24) is 14.9 Å². The van der Waals surface area contributed by atoms with Crippen molar-refractivity contribution in [2.24, 2.45) is 11.8 Å². The number of rotatable bonds is 5. The fraction of sp³-hybridized carbons (Fsp3) is 0.643. The summed E-state index contributed by atoms with van der Waals surface area (Å²) in [7, 11) is 0. The van der Waals surface area contributed by atoms with E-state index in [1.54, 1.807) is 12.4 Å². The van der Waals surface area contributed by atoms with Gasteiger partial charge in [-0.1, -0.05) is 0 Å². The minimum Gasteiger partial charge on any atom is -0.480 e. The number of carboxylic acid groups (broad SMARTS) is 1. The molecule has 3 N–H and O–H groups in total. The number of anilines is 1. The average molecular weight is 292 g/mol. The molecule has 1 aliphatic carbocycles. The molecule has 1 saturated heterocycles. The summed E-state index contributed by atoms with van der Waals surface area (Å²) in [4.78, 5) is 21.1. The lowest BCUT2D eigenvalue weighted by atomic mass is 10.0. The lowest BCUT2D eigenvalue weighted by Crippen LogP contribution is -2.23. The second-order valence-corrected chi connectivity index (χ2v) is 6.00. The van der Waals surface area contributed by atoms with Gasteiger partial charge in [0.2, 0.25) is 5.95 Å². The second kappa shape index (κ2) is 5.95. The Labute approximate surface area is 123 Å². The van der Waals surface area contributed by atoms with Crippen LogP contribution in [-0.2, 0) is 11.3 Å². The summed E-state index contributed by atoms with van der Waals surface area (Å²) < 4.78 is 0. The number of likely N-dealkylation sites (tertiary alicyclic amines) is 1. The second-order valence-electron chi connectivity index (χ2n) is 6.00. The highest BCUT2D eigenvalue weighted by molar-refractivity contribution is 5.71. The Morgan fingerprint density at radius 3 is 2.48 bits per heavy atom. The first kappa shape index (κ1) is 14.2. The number of aliphatic carboxylic acids is 1. The highest BCUT2D eigenvalue weighted by Gasteiger charge is 2.39. The van der Waals surface area contributed by atoms with Gasteiger partial charge >= 0.3 is 5.97 Å². The van der Waals surface area contributed by atoms with E-state index in [1.165, 1.54) is 0 Å². The Morgan fingerprint density at radius 2 is 1.90 bits per heavy atom. The van der Waals surface area contributed by atoms with Crippen LogP contribution in [0.2, 0.25) is 0 Å². The van der Waals surface area contributed by atoms with Crippen molar-refractivity contribution < 1.29 is 15.0 Å². The van der Waals surface area contributed by atoms with E-state index in [4.69, 9.17) is 5.11 Å². The number of carboxylic acids is 1. The lowest BCUT2D eigenvalue weighted by Gasteiger charge is -2.17. The molecule has 7 nitrogen and oxygen atoms in total. The first-order valence-electron chi connectivity index (χ1n) is 7.27. The molecule has 3 atom stereocenters. The number of hydrogen-bond acceptors (Lipinski definition) is 6. The Morgan fingerprint density at radius 1 is 1.29 bits per heavy atom. The molecule has 2 heterocycles. The van der Waals surface area contributed by atoms with Crippen LogP contribution in [0.15, 0.2) is 12.4 Å². The molecule has 7 heteroatoms. The largest absolute Gasteiger partial charge is 0.480 e. The molecule has 21 heavy (non-hydrogen) atoms. The van der Waals surface area contributed by atoms with Gasteiger partial charge in [0.05, 0.1) is 6.10 Å². The quantitative estimate of drug-likeness (QED) is 0.712. The number of nitrogens with zero attached hydrogens (tertiary/aromatic N) is 3. The molecule has 0 radical (unpaired) electrons. The van der Waals surface area contributed by atoms with Crippen LogP contribution >= 0.6 is 0 Å². The molecule has 0 aromatic carbocycles. The number of fused-ring (bicyclic) bond motifs is 1. The predicted octanol–water partition coefficient (Wildman–Crippen LogP) is 0.176. The summed E-state index contributed by atoms with van der Waals surface area (Å²) in [6.45, 7) is 2.68. The Balaban J connectivity index is 1.51. The molecule has 1 aromatic heterocycles. The molecule has 0 amide bonds. The van der Waals surface area contributed by atoms with Gasteiger partial charge in [-0.05, 0) is 24.7 Å². The summed E-state index contributed by atoms with van der Waals surface area (Å²) in [6, 6.07) is 0. The van der Waals surface area contributed by atoms with Gasteiger partial charge in [-0.25, -0.2) is 9.97 Å². The summed E-state index contributed by atoms with van der Waals surface area (Å²) in [5.74, 6) is 0.644. The van der Waals surface area contributed by atoms with E-state index >= 15 is 0 Å². The number of aromatic nitrogens is 2. The number of nitrogens with one attached hydrogen (secondary N) is 1. The number of hydrogen-bond donors (Lipinski definition) is 3. The maximum absolute atomic E-state index is 10.4. The fourth-order valence-corrected chi connectivity index (χ4v) is 3.43. The van der Waals surface area contributed by atoms with Gasteiger partial charge in [0.25, 0.3) is 0 Å². The molecule has 1 aliphatic heterocycles. The fourth-order valence-electron chi connectivity index (χ4n) is 3.43. The number of carbonyl (C=O) groups is 1. The first-order valence-corrected chi connectivity index (χ1v) is 7.27. The van der Waals surface area contributed by atoms with Gasteiger partial charge in [-0.2, -0.15) is 0 Å². The molecular weight excluding hydrogens is 272 g/mol. The van der Waals surface area contributed by atoms with Crippen molar-refractivity contribution in [2.45, 2.75) is 25.5 Å². The number of aliphatic hydroxyl groups excluding tert-OH is 1. The molecular formula is C14H20N4O3. The molecule has 1 aromatic rings. The Hall–Kier alpha value is -1.73. The molecule has 0 bridgehead atoms. The Bertz CT molecular complexity index is 493. The van der Waals surface area contributed by atoms with Crippen molar-refractivity contribution in [3.8, 4) is 0 Å². The zero-order valence-corrected chi connectivity index (χ0v) is 11.8. The minimum absolute atomic E-state index is 0.106. The van der Waals surface area contributed by atoms with Crippen LogP contribution in [0.5, 0.6) is 0 Å². The van der Waals surface area contributed by atoms with E-state index in [1.807, 2.05) is 0 Å². The third-order valence-electron chi connectivity index (χ3n) is 4.31. The molecule has 2 aliphatic rings. The lowest BCUT2D eigenvalue weighted by molar-refractivity contribution is -0.134. The van der Waals surface area contributed by atoms with Crippen LogP contribution in [0.3, 0.4) is 0 Å². The van der Waals surface area contributed by atoms with Crippen LogP contribution in [0.4, 0.5) is 5.95 Å². The monoisotopic (exact) mass is 292 g/mol. The van der Waals surface area contributed by atoms with E-state index in [0.29, 0.717) is 17.8 Å². The van der Waals surface area contributed by atoms with Crippen LogP contribution in [-0.4, -0.2) is 56.8 Å². The normalized spacial score (nSPS) is 28.5. The van der Waals surface area contributed by atoms with Gasteiger partial charge in [0, 0.05) is 37.6 Å². The van der Waals surface area contributed by atoms with Crippen LogP contribution in [0.25, 0.3) is 0 Å². The van der Waals surface area contributed by atoms with E-state index in [-0.39, 0.29) is 12.6 Å². The van der Waals surface area contributed by atoms with Gasteiger partial charge in [-0.3, -0.25) is 9.69 Å². The van der Waals surface area contributed by atoms with Gasteiger partial charge in [0.15, 0.2) is 0 Å². The summed E-state index contributed by atoms with van der Waals surface area (Å²) in [5.41, 5.74) is 1.02. The van der Waals surface area contributed by atoms with Crippen molar-refractivity contribution in [2.75, 3.05) is 25.0 Å². The molecule has 3 rings (SSSR count). The van der Waals surface area contributed by atoms with E-state index in [9.17, 15) is 9.90 Å². The third kappa shape index (κ3) is 3.48. The third-order valence-corrected chi connectivity index (χ3v) is 4.31. The molecule has 0 spiro atoms. The maximum Gasteiger partial charge on any atom is 0.322 e. The van der Waals surface area contributed by atoms with Crippen LogP contribution in [0, 0.1) is 11.8 Å². The van der Waals surface area contributed by atoms with Crippen LogP contribution < -0.4 is 5.32 Å². The summed E-state index contributed by atoms with van der Waals surface area (Å²) in [6.07, 6.45) is 5.22. The van der Waals surface area contributed by atoms with Gasteiger partial charge < -0.3 is 15.5 Å². The van der Waals surface area contributed by atoms with Gasteiger partial charge in [0.1, 0.15) is 6.54 Å². The highest BCUT2D eigenvalue weighted by Crippen LogP contribution is 2.38. The molecule has 1 saturated carbocycles. The van der Waals surface area contributed by atoms with Crippen molar-refractivity contribution in [3.63, 3.8) is 0 Å². The van der Waals surface area contributed by atoms with E-state index in [2.05, 4.69) is 20.2 Å². The van der Waals surface area contributed by atoms with Crippen molar-refractivity contribution in [1.29, 1.82) is 0 Å². The maximum atomic E-state index is 10.4. The number of aliphatic hydroxyl groups is 1. The Kier molecular flexibility index (Phi) is 4.03. The van der Waals surface area contributed by atoms with Crippen molar-refractivity contribution in [3.05, 3.63) is 18.0 Å². The molecule has 1 unspecified atom stereocenters. The summed E-state index contributed by atoms with van der Waals surface area (Å²) >= 11 is 0. The topological polar surface area (TPSA) is 98.6 Å². The molecule has 114 valence electrons. The van der Waals surface area contributed by atoms with E-state index < -0.39 is 5.97 Å². The van der Waals surface area contributed by atoms with Gasteiger partial charge in [-0.15, -0.1) is 0 Å². The predicted molar refractivity (Wildman–Crippen MR) is 75.7 cm³/mol. The zero-order valence-electron chi connectivity index (χ0n) is 11.8. The first-order chi connectivity index (χ1) is 10.1. The van der Waals surface area contributed by atoms with E-state index in [0.717, 1.165) is 38.0 Å². The minimum atomic E-state index is -0.937. The molecule has 2 fully saturated rings. The van der Waals surface area contributed by atoms with Crippen LogP contribution in [0.1, 0.15) is 18.4 Å². The summed E-state index contributed by atoms with van der Waals surface area (Å²) in [5, 5.41) is 20.9. The highest BCUT2D eigenvalue weighted by atomic mass is 16.4. The average Bonchev–Trinajstić information content (AvgIpc) is 2.94. The zero-order chi connectivity index (χ0) is 14.8. The van der Waals surface area contributed by atoms with Crippen molar-refractivity contribution >= 4 is 11.9 Å². The SMILES string of the molecule is O=C(O)CNc1ncc(CN2C[C@H]3CC(O)C[C@H]3C2)cn1. The smallest absolute Gasteiger partial charge is 0.322 e. The standard InChI is InChI=1S/C14H20N4O3/c19-12-1-10-7-18(8-11(10)2-12)6-9-3-15-14(16-4-9)17-5-13(20)21/h3-4,10-12,19H,1-2,5-8H2,(H,20,21)(H,15,16,17)/t10-,11+,12?.